The van der Waals surface area contributed by atoms with Crippen molar-refractivity contribution in [2.24, 2.45) is 0 Å². The van der Waals surface area contributed by atoms with E-state index in [1.807, 2.05) is 39.8 Å². The lowest BCUT2D eigenvalue weighted by molar-refractivity contribution is 0.349. The Bertz CT molecular complexity index is 452. The monoisotopic (exact) mass is 382 g/mol. The van der Waals surface area contributed by atoms with Crippen LogP contribution in [0.15, 0.2) is 12.1 Å². The molecular weight excluding hydrogens is 362 g/mol. The summed E-state index contributed by atoms with van der Waals surface area (Å²) < 4.78 is 17.6. The smallest absolute Gasteiger partial charge is 0.195 e. The molecule has 0 fully saturated rings. The van der Waals surface area contributed by atoms with E-state index in [1.54, 1.807) is 0 Å². The van der Waals surface area contributed by atoms with Crippen molar-refractivity contribution in [1.82, 2.24) is 0 Å². The molecule has 1 aromatic carbocycles. The van der Waals surface area contributed by atoms with E-state index in [0.717, 1.165) is 14.7 Å². The van der Waals surface area contributed by atoms with E-state index < -0.39 is 8.03 Å². The molecule has 0 amide bonds. The van der Waals surface area contributed by atoms with Gasteiger partial charge in [0.15, 0.2) is 8.03 Å². The summed E-state index contributed by atoms with van der Waals surface area (Å²) in [5.74, 6) is 0.322. The Morgan fingerprint density at radius 2 is 2.00 bits per heavy atom. The summed E-state index contributed by atoms with van der Waals surface area (Å²) in [4.78, 5) is 0. The van der Waals surface area contributed by atoms with Gasteiger partial charge in [-0.05, 0) is 46.6 Å². The van der Waals surface area contributed by atoms with E-state index in [4.69, 9.17) is 4.52 Å². The first-order valence-electron chi connectivity index (χ1n) is 5.93. The van der Waals surface area contributed by atoms with Gasteiger partial charge in [0.2, 0.25) is 0 Å². The van der Waals surface area contributed by atoms with Crippen LogP contribution in [0.2, 0.25) is 0 Å². The lowest BCUT2D eigenvalue weighted by atomic mass is 9.85. The third-order valence-corrected chi connectivity index (χ3v) is 4.71. The first-order chi connectivity index (χ1) is 8.25. The maximum Gasteiger partial charge on any atom is 0.195 e. The second kappa shape index (κ2) is 6.40. The number of hydrogen-bond acceptors (Lipinski definition) is 3. The van der Waals surface area contributed by atoms with Crippen LogP contribution in [-0.2, 0) is 20.7 Å². The first kappa shape index (κ1) is 16.0. The highest BCUT2D eigenvalue weighted by molar-refractivity contribution is 14.1. The topological polar surface area (TPSA) is 46.5 Å². The van der Waals surface area contributed by atoms with Gasteiger partial charge >= 0.3 is 0 Å². The van der Waals surface area contributed by atoms with Gasteiger partial charge in [-0.3, -0.25) is 4.57 Å². The lowest BCUT2D eigenvalue weighted by Gasteiger charge is -2.22. The van der Waals surface area contributed by atoms with Crippen LogP contribution in [0.1, 0.15) is 38.8 Å². The second-order valence-corrected chi connectivity index (χ2v) is 7.75. The molecule has 102 valence electrons. The molecule has 3 nitrogen and oxygen atoms in total. The Kier molecular flexibility index (Phi) is 5.68. The van der Waals surface area contributed by atoms with E-state index >= 15 is 0 Å². The molecule has 5 heteroatoms. The Balaban J connectivity index is 3.09. The standard InChI is InChI=1S/C13H20IO3P/c1-5-17-18(16)8-9-6-10(13(2,3)4)12(15)11(14)7-9/h6-7,15,18H,5,8H2,1-4H3. The van der Waals surface area contributed by atoms with Crippen LogP contribution in [0.25, 0.3) is 0 Å². The van der Waals surface area contributed by atoms with Crippen LogP contribution in [0, 0.1) is 3.57 Å². The minimum Gasteiger partial charge on any atom is -0.507 e. The zero-order valence-electron chi connectivity index (χ0n) is 11.2. The molecule has 0 spiro atoms. The number of phenols is 1. The fourth-order valence-electron chi connectivity index (χ4n) is 1.71. The van der Waals surface area contributed by atoms with Gasteiger partial charge in [-0.1, -0.05) is 26.8 Å². The maximum atomic E-state index is 11.7. The van der Waals surface area contributed by atoms with Crippen molar-refractivity contribution in [2.75, 3.05) is 6.61 Å². The highest BCUT2D eigenvalue weighted by atomic mass is 127. The molecule has 0 heterocycles. The fraction of sp³-hybridized carbons (Fsp3) is 0.538. The first-order valence-corrected chi connectivity index (χ1v) is 8.53. The predicted molar refractivity (Wildman–Crippen MR) is 83.9 cm³/mol. The van der Waals surface area contributed by atoms with E-state index in [2.05, 4.69) is 22.6 Å². The maximum absolute atomic E-state index is 11.7. The van der Waals surface area contributed by atoms with Gasteiger partial charge in [-0.25, -0.2) is 0 Å². The summed E-state index contributed by atoms with van der Waals surface area (Å²) in [6, 6.07) is 3.80. The van der Waals surface area contributed by atoms with Gasteiger partial charge in [0.25, 0.3) is 0 Å². The van der Waals surface area contributed by atoms with Crippen molar-refractivity contribution < 1.29 is 14.2 Å². The molecule has 0 saturated carbocycles. The summed E-state index contributed by atoms with van der Waals surface area (Å²) >= 11 is 2.10. The molecule has 1 rings (SSSR count). The van der Waals surface area contributed by atoms with Crippen molar-refractivity contribution in [3.05, 3.63) is 26.8 Å². The van der Waals surface area contributed by atoms with Gasteiger partial charge in [-0.15, -0.1) is 0 Å². The fourth-order valence-corrected chi connectivity index (χ4v) is 3.36. The van der Waals surface area contributed by atoms with Crippen LogP contribution in [0.4, 0.5) is 0 Å². The quantitative estimate of drug-likeness (QED) is 0.624. The van der Waals surface area contributed by atoms with E-state index in [-0.39, 0.29) is 5.41 Å². The molecule has 0 bridgehead atoms. The molecular formula is C13H20IO3P. The van der Waals surface area contributed by atoms with Gasteiger partial charge in [0.05, 0.1) is 10.2 Å². The molecule has 18 heavy (non-hydrogen) atoms. The molecule has 1 N–H and O–H groups in total. The molecule has 1 atom stereocenters. The average Bonchev–Trinajstić information content (AvgIpc) is 2.21. The molecule has 1 aromatic rings. The van der Waals surface area contributed by atoms with E-state index in [9.17, 15) is 9.67 Å². The SMILES string of the molecule is CCO[PH](=O)Cc1cc(I)c(O)c(C(C)(C)C)c1. The highest BCUT2D eigenvalue weighted by Gasteiger charge is 2.21. The molecule has 0 aromatic heterocycles. The largest absolute Gasteiger partial charge is 0.507 e. The third-order valence-electron chi connectivity index (χ3n) is 2.58. The zero-order chi connectivity index (χ0) is 13.9. The Morgan fingerprint density at radius 1 is 1.39 bits per heavy atom. The van der Waals surface area contributed by atoms with Crippen molar-refractivity contribution in [2.45, 2.75) is 39.3 Å². The number of aromatic hydroxyl groups is 1. The van der Waals surface area contributed by atoms with Crippen LogP contribution < -0.4 is 0 Å². The van der Waals surface area contributed by atoms with Crippen molar-refractivity contribution in [3.63, 3.8) is 0 Å². The molecule has 1 unspecified atom stereocenters. The summed E-state index contributed by atoms with van der Waals surface area (Å²) in [5, 5.41) is 10.1. The minimum atomic E-state index is -2.02. The van der Waals surface area contributed by atoms with E-state index in [1.165, 1.54) is 0 Å². The summed E-state index contributed by atoms with van der Waals surface area (Å²) in [5.41, 5.74) is 1.71. The van der Waals surface area contributed by atoms with Crippen LogP contribution in [0.5, 0.6) is 5.75 Å². The molecule has 0 saturated heterocycles. The predicted octanol–water partition coefficient (Wildman–Crippen LogP) is 4.31. The summed E-state index contributed by atoms with van der Waals surface area (Å²) in [6.07, 6.45) is 0.428. The van der Waals surface area contributed by atoms with Gasteiger partial charge in [-0.2, -0.15) is 0 Å². The van der Waals surface area contributed by atoms with Crippen molar-refractivity contribution in [1.29, 1.82) is 0 Å². The summed E-state index contributed by atoms with van der Waals surface area (Å²) in [7, 11) is -2.02. The molecule has 0 aliphatic carbocycles. The van der Waals surface area contributed by atoms with Crippen LogP contribution >= 0.6 is 30.6 Å². The summed E-state index contributed by atoms with van der Waals surface area (Å²) in [6.45, 7) is 8.46. The van der Waals surface area contributed by atoms with Crippen molar-refractivity contribution in [3.8, 4) is 5.75 Å². The lowest BCUT2D eigenvalue weighted by Crippen LogP contribution is -2.12. The Hall–Kier alpha value is -0.0600. The highest BCUT2D eigenvalue weighted by Crippen LogP contribution is 2.37. The number of hydrogen-bond donors (Lipinski definition) is 1. The second-order valence-electron chi connectivity index (χ2n) is 5.21. The number of halogens is 1. The number of rotatable bonds is 4. The molecule has 0 aliphatic heterocycles. The van der Waals surface area contributed by atoms with Crippen LogP contribution in [0.3, 0.4) is 0 Å². The third kappa shape index (κ3) is 4.25. The van der Waals surface area contributed by atoms with Gasteiger partial charge in [0.1, 0.15) is 5.75 Å². The zero-order valence-corrected chi connectivity index (χ0v) is 14.4. The minimum absolute atomic E-state index is 0.137. The Labute approximate surface area is 123 Å². The number of benzene rings is 1. The van der Waals surface area contributed by atoms with E-state index in [0.29, 0.717) is 18.5 Å². The molecule has 0 radical (unpaired) electrons. The number of phenolic OH excluding ortho intramolecular Hbond substituents is 1. The molecule has 0 aliphatic rings. The van der Waals surface area contributed by atoms with Gasteiger partial charge in [0, 0.05) is 11.7 Å². The normalized spacial score (nSPS) is 13.6. The Morgan fingerprint density at radius 3 is 2.50 bits per heavy atom. The average molecular weight is 382 g/mol. The van der Waals surface area contributed by atoms with Crippen molar-refractivity contribution >= 4 is 30.6 Å². The van der Waals surface area contributed by atoms with Crippen LogP contribution in [-0.4, -0.2) is 11.7 Å². The van der Waals surface area contributed by atoms with Gasteiger partial charge < -0.3 is 9.63 Å².